The Morgan fingerprint density at radius 3 is 2.87 bits per heavy atom. The fraction of sp³-hybridized carbons (Fsp3) is 0.409. The molecule has 2 saturated heterocycles. The van der Waals surface area contributed by atoms with E-state index in [0.29, 0.717) is 33.9 Å². The van der Waals surface area contributed by atoms with E-state index in [1.165, 1.54) is 17.1 Å². The Hall–Kier alpha value is -3.33. The normalized spacial score (nSPS) is 26.9. The highest BCUT2D eigenvalue weighted by molar-refractivity contribution is 5.60. The molecule has 3 fully saturated rings. The molecule has 2 unspecified atom stereocenters. The third-order valence-corrected chi connectivity index (χ3v) is 7.55. The van der Waals surface area contributed by atoms with Gasteiger partial charge in [0.1, 0.15) is 17.2 Å². The Labute approximate surface area is 177 Å². The molecule has 0 amide bonds. The number of aryl methyl sites for hydroxylation is 1. The maximum atomic E-state index is 13.0. The molecule has 156 valence electrons. The van der Waals surface area contributed by atoms with E-state index >= 15 is 0 Å². The molecule has 9 nitrogen and oxygen atoms in total. The molecule has 9 heteroatoms. The second kappa shape index (κ2) is 5.88. The lowest BCUT2D eigenvalue weighted by Crippen LogP contribution is -2.48. The summed E-state index contributed by atoms with van der Waals surface area (Å²) in [5.74, 6) is 2.23. The Morgan fingerprint density at radius 2 is 1.97 bits per heavy atom. The number of aromatic nitrogens is 6. The number of pyridine rings is 1. The first-order valence-electron chi connectivity index (χ1n) is 10.8. The maximum Gasteiger partial charge on any atom is 0.258 e. The summed E-state index contributed by atoms with van der Waals surface area (Å²) in [6, 6.07) is 9.21. The quantitative estimate of drug-likeness (QED) is 0.526. The largest absolute Gasteiger partial charge is 0.369 e. The zero-order valence-corrected chi connectivity index (χ0v) is 17.2. The van der Waals surface area contributed by atoms with Gasteiger partial charge in [0, 0.05) is 37.3 Å². The molecular formula is C22H22N8O. The molecule has 1 aliphatic carbocycles. The topological polar surface area (TPSA) is 92.7 Å². The first-order valence-corrected chi connectivity index (χ1v) is 10.8. The van der Waals surface area contributed by atoms with Crippen molar-refractivity contribution in [3.8, 4) is 11.4 Å². The van der Waals surface area contributed by atoms with Gasteiger partial charge in [-0.25, -0.2) is 9.97 Å². The zero-order valence-electron chi connectivity index (χ0n) is 17.2. The smallest absolute Gasteiger partial charge is 0.258 e. The van der Waals surface area contributed by atoms with Crippen molar-refractivity contribution in [2.45, 2.75) is 13.3 Å². The predicted octanol–water partition coefficient (Wildman–Crippen LogP) is 1.15. The molecule has 3 aliphatic rings. The summed E-state index contributed by atoms with van der Waals surface area (Å²) < 4.78 is 3.11. The van der Waals surface area contributed by atoms with Crippen LogP contribution in [0.5, 0.6) is 0 Å². The van der Waals surface area contributed by atoms with Crippen molar-refractivity contribution in [1.82, 2.24) is 34.5 Å². The molecular weight excluding hydrogens is 392 g/mol. The first kappa shape index (κ1) is 17.4. The van der Waals surface area contributed by atoms with Crippen LogP contribution in [0.3, 0.4) is 0 Å². The summed E-state index contributed by atoms with van der Waals surface area (Å²) in [5.41, 5.74) is 3.83. The van der Waals surface area contributed by atoms with Gasteiger partial charge in [0.2, 0.25) is 0 Å². The third-order valence-electron chi connectivity index (χ3n) is 7.55. The average Bonchev–Trinajstić information content (AvgIpc) is 3.39. The Kier molecular flexibility index (Phi) is 3.29. The minimum absolute atomic E-state index is 0.112. The summed E-state index contributed by atoms with van der Waals surface area (Å²) in [7, 11) is 0. The highest BCUT2D eigenvalue weighted by Crippen LogP contribution is 2.58. The summed E-state index contributed by atoms with van der Waals surface area (Å²) in [4.78, 5) is 24.4. The van der Waals surface area contributed by atoms with Crippen LogP contribution in [0.4, 0.5) is 5.69 Å². The van der Waals surface area contributed by atoms with Crippen molar-refractivity contribution in [2.24, 2.45) is 17.3 Å². The Morgan fingerprint density at radius 1 is 1.06 bits per heavy atom. The fourth-order valence-corrected chi connectivity index (χ4v) is 5.93. The molecule has 4 aromatic heterocycles. The molecule has 1 saturated carbocycles. The molecule has 0 bridgehead atoms. The monoisotopic (exact) mass is 414 g/mol. The predicted molar refractivity (Wildman–Crippen MR) is 115 cm³/mol. The minimum Gasteiger partial charge on any atom is -0.369 e. The van der Waals surface area contributed by atoms with E-state index in [1.807, 2.05) is 31.3 Å². The van der Waals surface area contributed by atoms with Gasteiger partial charge in [-0.1, -0.05) is 0 Å². The van der Waals surface area contributed by atoms with Crippen LogP contribution in [0.15, 0.2) is 41.3 Å². The first-order chi connectivity index (χ1) is 15.1. The van der Waals surface area contributed by atoms with Gasteiger partial charge in [-0.2, -0.15) is 0 Å². The van der Waals surface area contributed by atoms with Crippen LogP contribution in [-0.4, -0.2) is 55.4 Å². The molecule has 0 radical (unpaired) electrons. The standard InChI is InChI=1S/C22H22N8O/c1-13-24-20-5-3-17(27-30(20)26-13)18-7-21(31)29-10-16(2-4-19(29)25-18)28-9-15-6-14-8-23-11-22(14,15)12-28/h2-5,7,10,14-15,23H,6,8-9,11-12H2,1H3/t14?,15?,22-/m0/s1. The van der Waals surface area contributed by atoms with E-state index in [2.05, 4.69) is 31.5 Å². The van der Waals surface area contributed by atoms with Crippen molar-refractivity contribution in [3.63, 3.8) is 0 Å². The maximum absolute atomic E-state index is 13.0. The second-order valence-corrected chi connectivity index (χ2v) is 9.19. The van der Waals surface area contributed by atoms with Crippen LogP contribution in [0.25, 0.3) is 22.7 Å². The summed E-state index contributed by atoms with van der Waals surface area (Å²) >= 11 is 0. The van der Waals surface area contributed by atoms with E-state index in [4.69, 9.17) is 4.98 Å². The zero-order chi connectivity index (χ0) is 20.7. The van der Waals surface area contributed by atoms with Gasteiger partial charge in [-0.3, -0.25) is 9.20 Å². The van der Waals surface area contributed by atoms with Gasteiger partial charge in [0.05, 0.1) is 11.4 Å². The summed E-state index contributed by atoms with van der Waals surface area (Å²) in [6.07, 6.45) is 3.26. The van der Waals surface area contributed by atoms with Crippen LogP contribution in [0.1, 0.15) is 12.2 Å². The third kappa shape index (κ3) is 2.38. The number of fused-ring (bicyclic) bond motifs is 2. The van der Waals surface area contributed by atoms with Crippen LogP contribution in [-0.2, 0) is 0 Å². The number of hydrogen-bond acceptors (Lipinski definition) is 7. The van der Waals surface area contributed by atoms with Gasteiger partial charge in [-0.05, 0) is 56.0 Å². The number of anilines is 1. The Bertz CT molecular complexity index is 1420. The van der Waals surface area contributed by atoms with Crippen molar-refractivity contribution in [2.75, 3.05) is 31.1 Å². The lowest BCUT2D eigenvalue weighted by Gasteiger charge is -2.46. The number of rotatable bonds is 2. The fourth-order valence-electron chi connectivity index (χ4n) is 5.93. The highest BCUT2D eigenvalue weighted by Gasteiger charge is 2.61. The minimum atomic E-state index is -0.112. The lowest BCUT2D eigenvalue weighted by molar-refractivity contribution is 0.0416. The van der Waals surface area contributed by atoms with Gasteiger partial charge in [-0.15, -0.1) is 14.8 Å². The van der Waals surface area contributed by atoms with Gasteiger partial charge < -0.3 is 10.2 Å². The molecule has 7 rings (SSSR count). The summed E-state index contributed by atoms with van der Waals surface area (Å²) in [6.45, 7) is 6.25. The highest BCUT2D eigenvalue weighted by atomic mass is 16.1. The Balaban J connectivity index is 1.26. The summed E-state index contributed by atoms with van der Waals surface area (Å²) in [5, 5.41) is 12.3. The second-order valence-electron chi connectivity index (χ2n) is 9.19. The number of hydrogen-bond donors (Lipinski definition) is 1. The van der Waals surface area contributed by atoms with E-state index in [9.17, 15) is 4.79 Å². The van der Waals surface area contributed by atoms with Gasteiger partial charge >= 0.3 is 0 Å². The molecule has 31 heavy (non-hydrogen) atoms. The van der Waals surface area contributed by atoms with Crippen LogP contribution >= 0.6 is 0 Å². The molecule has 1 spiro atoms. The van der Waals surface area contributed by atoms with Crippen molar-refractivity contribution >= 4 is 17.0 Å². The van der Waals surface area contributed by atoms with Crippen molar-refractivity contribution < 1.29 is 0 Å². The van der Waals surface area contributed by atoms with Crippen LogP contribution in [0.2, 0.25) is 0 Å². The molecule has 0 aromatic carbocycles. The molecule has 1 N–H and O–H groups in total. The van der Waals surface area contributed by atoms with Gasteiger partial charge in [0.25, 0.3) is 5.56 Å². The average molecular weight is 414 g/mol. The van der Waals surface area contributed by atoms with Crippen LogP contribution < -0.4 is 15.8 Å². The van der Waals surface area contributed by atoms with E-state index in [-0.39, 0.29) is 5.56 Å². The molecule has 4 aromatic rings. The van der Waals surface area contributed by atoms with E-state index in [0.717, 1.165) is 43.7 Å². The number of nitrogens with zero attached hydrogens (tertiary/aromatic N) is 7. The molecule has 3 atom stereocenters. The lowest BCUT2D eigenvalue weighted by atomic mass is 9.56. The number of nitrogens with one attached hydrogen (secondary N) is 1. The SMILES string of the molecule is Cc1nc2ccc(-c3cc(=O)n4cc(N5CC6CC7CNC[C@]76C5)ccc4n3)nn2n1. The van der Waals surface area contributed by atoms with Gasteiger partial charge in [0.15, 0.2) is 5.65 Å². The van der Waals surface area contributed by atoms with Crippen LogP contribution in [0, 0.1) is 24.2 Å². The van der Waals surface area contributed by atoms with E-state index in [1.54, 1.807) is 4.40 Å². The van der Waals surface area contributed by atoms with E-state index < -0.39 is 0 Å². The van der Waals surface area contributed by atoms with Crippen molar-refractivity contribution in [3.05, 3.63) is 52.7 Å². The van der Waals surface area contributed by atoms with Crippen molar-refractivity contribution in [1.29, 1.82) is 0 Å². The molecule has 6 heterocycles. The molecule has 2 aliphatic heterocycles.